The van der Waals surface area contributed by atoms with Gasteiger partial charge in [0, 0.05) is 23.7 Å². The highest BCUT2D eigenvalue weighted by Gasteiger charge is 2.35. The topological polar surface area (TPSA) is 105 Å². The summed E-state index contributed by atoms with van der Waals surface area (Å²) in [5, 5.41) is 3.56. The Labute approximate surface area is 265 Å². The van der Waals surface area contributed by atoms with Gasteiger partial charge in [-0.3, -0.25) is 13.9 Å². The maximum absolute atomic E-state index is 14.3. The summed E-state index contributed by atoms with van der Waals surface area (Å²) in [6.45, 7) is 3.16. The summed E-state index contributed by atoms with van der Waals surface area (Å²) in [4.78, 5) is 29.4. The van der Waals surface area contributed by atoms with Gasteiger partial charge in [-0.1, -0.05) is 67.3 Å². The number of sulfonamides is 1. The van der Waals surface area contributed by atoms with Crippen LogP contribution in [0.5, 0.6) is 11.5 Å². The van der Waals surface area contributed by atoms with Crippen molar-refractivity contribution in [2.24, 2.45) is 0 Å². The molecule has 0 spiro atoms. The summed E-state index contributed by atoms with van der Waals surface area (Å²) in [5.74, 6) is -0.107. The van der Waals surface area contributed by atoms with E-state index in [1.165, 1.54) is 37.3 Å². The Balaban J connectivity index is 1.76. The van der Waals surface area contributed by atoms with E-state index in [2.05, 4.69) is 5.32 Å². The molecule has 0 heterocycles. The number of carbonyl (C=O) groups is 2. The molecule has 3 aromatic carbocycles. The highest BCUT2D eigenvalue weighted by Crippen LogP contribution is 2.34. The van der Waals surface area contributed by atoms with E-state index in [1.54, 1.807) is 48.5 Å². The third-order valence-corrected chi connectivity index (χ3v) is 10.1. The lowest BCUT2D eigenvalue weighted by Gasteiger charge is -2.34. The number of benzene rings is 3. The summed E-state index contributed by atoms with van der Waals surface area (Å²) in [7, 11) is -1.30. The number of carbonyl (C=O) groups excluding carboxylic acids is 2. The van der Waals surface area contributed by atoms with Crippen LogP contribution in [-0.2, 0) is 26.2 Å². The van der Waals surface area contributed by atoms with E-state index < -0.39 is 28.5 Å². The summed E-state index contributed by atoms with van der Waals surface area (Å²) in [6, 6.07) is 17.4. The minimum absolute atomic E-state index is 0.0226. The number of hydrogen-bond donors (Lipinski definition) is 1. The molecule has 0 saturated heterocycles. The van der Waals surface area contributed by atoms with Crippen molar-refractivity contribution in [1.82, 2.24) is 10.2 Å². The molecule has 236 valence electrons. The van der Waals surface area contributed by atoms with Crippen molar-refractivity contribution in [1.29, 1.82) is 0 Å². The van der Waals surface area contributed by atoms with Gasteiger partial charge in [0.2, 0.25) is 11.8 Å². The lowest BCUT2D eigenvalue weighted by atomic mass is 10.1. The first-order chi connectivity index (χ1) is 21.1. The van der Waals surface area contributed by atoms with Gasteiger partial charge in [-0.05, 0) is 62.1 Å². The molecule has 1 saturated carbocycles. The van der Waals surface area contributed by atoms with Crippen molar-refractivity contribution < 1.29 is 27.5 Å². The molecule has 11 heteroatoms. The first kappa shape index (κ1) is 33.1. The number of amides is 2. The van der Waals surface area contributed by atoms with E-state index >= 15 is 0 Å². The number of ether oxygens (including phenoxy) is 2. The predicted octanol–water partition coefficient (Wildman–Crippen LogP) is 5.73. The number of nitrogens with zero attached hydrogens (tertiary/aromatic N) is 2. The van der Waals surface area contributed by atoms with Crippen LogP contribution in [0.25, 0.3) is 0 Å². The number of hydrogen-bond acceptors (Lipinski definition) is 6. The second-order valence-corrected chi connectivity index (χ2v) is 13.2. The molecule has 3 aromatic rings. The molecule has 4 rings (SSSR count). The Hall–Kier alpha value is -3.76. The van der Waals surface area contributed by atoms with E-state index in [0.717, 1.165) is 35.6 Å². The number of nitrogens with one attached hydrogen (secondary N) is 1. The molecule has 0 unspecified atom stereocenters. The highest BCUT2D eigenvalue weighted by atomic mass is 35.5. The van der Waals surface area contributed by atoms with Gasteiger partial charge in [0.05, 0.1) is 24.8 Å². The molecule has 1 atom stereocenters. The van der Waals surface area contributed by atoms with Crippen LogP contribution in [0.4, 0.5) is 5.69 Å². The number of methoxy groups -OCH3 is 2. The van der Waals surface area contributed by atoms with Crippen molar-refractivity contribution in [3.63, 3.8) is 0 Å². The van der Waals surface area contributed by atoms with Crippen LogP contribution in [0.2, 0.25) is 5.02 Å². The maximum Gasteiger partial charge on any atom is 0.264 e. The zero-order valence-corrected chi connectivity index (χ0v) is 27.2. The standard InChI is InChI=1S/C33H40ClN3O6S/c1-5-29(33(39)35-25-11-7-8-12-25)36(21-24-10-6-9-13-28(24)34)32(38)22-37(26-16-19-30(42-3)31(20-26)43-4)44(40,41)27-17-14-23(2)15-18-27/h6,9-10,13-20,25,29H,5,7-8,11-12,21-22H2,1-4H3,(H,35,39)/t29-/m1/s1. The minimum atomic E-state index is -4.23. The number of rotatable bonds is 13. The smallest absolute Gasteiger partial charge is 0.264 e. The van der Waals surface area contributed by atoms with E-state index in [9.17, 15) is 18.0 Å². The maximum atomic E-state index is 14.3. The summed E-state index contributed by atoms with van der Waals surface area (Å²) >= 11 is 6.50. The van der Waals surface area contributed by atoms with E-state index in [1.807, 2.05) is 13.8 Å². The third-order valence-electron chi connectivity index (χ3n) is 7.93. The van der Waals surface area contributed by atoms with Crippen LogP contribution in [0.15, 0.2) is 71.6 Å². The minimum Gasteiger partial charge on any atom is -0.493 e. The van der Waals surface area contributed by atoms with Gasteiger partial charge in [0.1, 0.15) is 12.6 Å². The quantitative estimate of drug-likeness (QED) is 0.256. The molecule has 1 fully saturated rings. The Kier molecular flexibility index (Phi) is 11.2. The van der Waals surface area contributed by atoms with Crippen molar-refractivity contribution in [2.45, 2.75) is 69.5 Å². The average Bonchev–Trinajstić information content (AvgIpc) is 3.53. The van der Waals surface area contributed by atoms with Gasteiger partial charge >= 0.3 is 0 Å². The van der Waals surface area contributed by atoms with Crippen LogP contribution in [0, 0.1) is 6.92 Å². The fourth-order valence-corrected chi connectivity index (χ4v) is 7.04. The Bertz CT molecular complexity index is 1560. The molecule has 9 nitrogen and oxygen atoms in total. The van der Waals surface area contributed by atoms with Crippen molar-refractivity contribution >= 4 is 39.1 Å². The van der Waals surface area contributed by atoms with Crippen LogP contribution in [0.1, 0.15) is 50.2 Å². The van der Waals surface area contributed by atoms with Gasteiger partial charge in [0.25, 0.3) is 10.0 Å². The lowest BCUT2D eigenvalue weighted by Crippen LogP contribution is -2.53. The molecular weight excluding hydrogens is 602 g/mol. The molecule has 1 aliphatic rings. The second-order valence-electron chi connectivity index (χ2n) is 10.9. The predicted molar refractivity (Wildman–Crippen MR) is 172 cm³/mol. The van der Waals surface area contributed by atoms with Crippen LogP contribution in [0.3, 0.4) is 0 Å². The zero-order valence-electron chi connectivity index (χ0n) is 25.6. The van der Waals surface area contributed by atoms with Gasteiger partial charge in [0.15, 0.2) is 11.5 Å². The van der Waals surface area contributed by atoms with Gasteiger partial charge in [-0.2, -0.15) is 0 Å². The van der Waals surface area contributed by atoms with E-state index in [-0.39, 0.29) is 29.1 Å². The monoisotopic (exact) mass is 641 g/mol. The molecule has 2 amide bonds. The fraction of sp³-hybridized carbons (Fsp3) is 0.394. The largest absolute Gasteiger partial charge is 0.493 e. The lowest BCUT2D eigenvalue weighted by molar-refractivity contribution is -0.140. The van der Waals surface area contributed by atoms with E-state index in [0.29, 0.717) is 28.5 Å². The van der Waals surface area contributed by atoms with Crippen LogP contribution < -0.4 is 19.1 Å². The molecule has 0 radical (unpaired) electrons. The normalized spacial score (nSPS) is 14.1. The zero-order chi connectivity index (χ0) is 31.9. The number of halogens is 1. The van der Waals surface area contributed by atoms with Crippen molar-refractivity contribution in [2.75, 3.05) is 25.1 Å². The average molecular weight is 642 g/mol. The fourth-order valence-electron chi connectivity index (χ4n) is 5.44. The Morgan fingerprint density at radius 2 is 1.64 bits per heavy atom. The molecule has 0 aliphatic heterocycles. The van der Waals surface area contributed by atoms with Gasteiger partial charge < -0.3 is 19.7 Å². The van der Waals surface area contributed by atoms with Crippen LogP contribution >= 0.6 is 11.6 Å². The Morgan fingerprint density at radius 1 is 0.977 bits per heavy atom. The number of aryl methyl sites for hydroxylation is 1. The molecular formula is C33H40ClN3O6S. The first-order valence-corrected chi connectivity index (χ1v) is 16.6. The molecule has 0 aromatic heterocycles. The van der Waals surface area contributed by atoms with E-state index in [4.69, 9.17) is 21.1 Å². The molecule has 1 aliphatic carbocycles. The Morgan fingerprint density at radius 3 is 2.25 bits per heavy atom. The van der Waals surface area contributed by atoms with Crippen molar-refractivity contribution in [3.05, 3.63) is 82.9 Å². The summed E-state index contributed by atoms with van der Waals surface area (Å²) in [5.41, 5.74) is 1.74. The van der Waals surface area contributed by atoms with Crippen molar-refractivity contribution in [3.8, 4) is 11.5 Å². The van der Waals surface area contributed by atoms with Crippen LogP contribution in [-0.4, -0.2) is 58.0 Å². The first-order valence-electron chi connectivity index (χ1n) is 14.7. The summed E-state index contributed by atoms with van der Waals surface area (Å²) in [6.07, 6.45) is 4.20. The number of anilines is 1. The van der Waals surface area contributed by atoms with Gasteiger partial charge in [-0.25, -0.2) is 8.42 Å². The summed E-state index contributed by atoms with van der Waals surface area (Å²) < 4.78 is 40.2. The highest BCUT2D eigenvalue weighted by molar-refractivity contribution is 7.92. The molecule has 44 heavy (non-hydrogen) atoms. The van der Waals surface area contributed by atoms with Gasteiger partial charge in [-0.15, -0.1) is 0 Å². The SMILES string of the molecule is CC[C@H](C(=O)NC1CCCC1)N(Cc1ccccc1Cl)C(=O)CN(c1ccc(OC)c(OC)c1)S(=O)(=O)c1ccc(C)cc1. The molecule has 0 bridgehead atoms. The second kappa shape index (κ2) is 14.8. The molecule has 1 N–H and O–H groups in total. The third kappa shape index (κ3) is 7.65.